The molecule has 84 valence electrons. The number of rotatable bonds is 4. The highest BCUT2D eigenvalue weighted by molar-refractivity contribution is 4.88. The first-order valence-electron chi connectivity index (χ1n) is 5.98. The minimum Gasteiger partial charge on any atom is -0.330 e. The Morgan fingerprint density at radius 3 is 2.64 bits per heavy atom. The molecule has 2 nitrogen and oxygen atoms in total. The second-order valence-electron chi connectivity index (χ2n) is 5.37. The lowest BCUT2D eigenvalue weighted by atomic mass is 9.72. The van der Waals surface area contributed by atoms with E-state index in [1.165, 1.54) is 25.7 Å². The Morgan fingerprint density at radius 2 is 2.07 bits per heavy atom. The van der Waals surface area contributed by atoms with Gasteiger partial charge in [0.1, 0.15) is 0 Å². The van der Waals surface area contributed by atoms with E-state index in [4.69, 9.17) is 5.73 Å². The lowest BCUT2D eigenvalue weighted by Gasteiger charge is -2.44. The first-order chi connectivity index (χ1) is 6.58. The maximum atomic E-state index is 5.55. The quantitative estimate of drug-likeness (QED) is 0.750. The third-order valence-corrected chi connectivity index (χ3v) is 3.70. The fraction of sp³-hybridized carbons (Fsp3) is 1.00. The van der Waals surface area contributed by atoms with Gasteiger partial charge >= 0.3 is 0 Å². The summed E-state index contributed by atoms with van der Waals surface area (Å²) in [5, 5.41) is 0. The van der Waals surface area contributed by atoms with Crippen molar-refractivity contribution < 1.29 is 0 Å². The molecule has 2 heteroatoms. The molecule has 0 spiro atoms. The zero-order chi connectivity index (χ0) is 10.6. The molecule has 0 bridgehead atoms. The van der Waals surface area contributed by atoms with Crippen molar-refractivity contribution in [3.05, 3.63) is 0 Å². The van der Waals surface area contributed by atoms with Gasteiger partial charge in [-0.2, -0.15) is 0 Å². The molecule has 1 unspecified atom stereocenters. The molecular weight excluding hydrogens is 172 g/mol. The van der Waals surface area contributed by atoms with Crippen LogP contribution in [0.25, 0.3) is 0 Å². The predicted octanol–water partition coefficient (Wildman–Crippen LogP) is 2.24. The molecule has 1 fully saturated rings. The fourth-order valence-corrected chi connectivity index (χ4v) is 2.79. The van der Waals surface area contributed by atoms with Crippen LogP contribution in [-0.4, -0.2) is 31.1 Å². The molecule has 2 N–H and O–H groups in total. The van der Waals surface area contributed by atoms with Crippen LogP contribution in [0.2, 0.25) is 0 Å². The lowest BCUT2D eigenvalue weighted by molar-refractivity contribution is 0.0677. The summed E-state index contributed by atoms with van der Waals surface area (Å²) in [7, 11) is 2.26. The number of hydrogen-bond acceptors (Lipinski definition) is 2. The second kappa shape index (κ2) is 5.13. The summed E-state index contributed by atoms with van der Waals surface area (Å²) in [6.45, 7) is 6.80. The summed E-state index contributed by atoms with van der Waals surface area (Å²) in [4.78, 5) is 2.52. The lowest BCUT2D eigenvalue weighted by Crippen LogP contribution is -2.45. The van der Waals surface area contributed by atoms with Crippen LogP contribution in [0, 0.1) is 5.41 Å². The smallest absolute Gasteiger partial charge is 0.0143 e. The van der Waals surface area contributed by atoms with E-state index < -0.39 is 0 Å². The summed E-state index contributed by atoms with van der Waals surface area (Å²) < 4.78 is 0. The summed E-state index contributed by atoms with van der Waals surface area (Å²) in [5.74, 6) is 0. The maximum Gasteiger partial charge on any atom is 0.0143 e. The van der Waals surface area contributed by atoms with Gasteiger partial charge in [-0.25, -0.2) is 0 Å². The van der Waals surface area contributed by atoms with Crippen molar-refractivity contribution in [2.45, 2.75) is 52.0 Å². The zero-order valence-electron chi connectivity index (χ0n) is 10.1. The van der Waals surface area contributed by atoms with Crippen LogP contribution < -0.4 is 5.73 Å². The van der Waals surface area contributed by atoms with Crippen LogP contribution >= 0.6 is 0 Å². The average Bonchev–Trinajstić information content (AvgIpc) is 2.13. The zero-order valence-corrected chi connectivity index (χ0v) is 10.1. The third-order valence-electron chi connectivity index (χ3n) is 3.70. The summed E-state index contributed by atoms with van der Waals surface area (Å²) in [6.07, 6.45) is 6.69. The molecular formula is C12H26N2. The largest absolute Gasteiger partial charge is 0.330 e. The Balaban J connectivity index is 2.46. The van der Waals surface area contributed by atoms with Crippen LogP contribution in [0.5, 0.6) is 0 Å². The van der Waals surface area contributed by atoms with Gasteiger partial charge in [-0.1, -0.05) is 26.7 Å². The van der Waals surface area contributed by atoms with Gasteiger partial charge in [-0.05, 0) is 44.8 Å². The van der Waals surface area contributed by atoms with Crippen molar-refractivity contribution in [2.75, 3.05) is 20.1 Å². The molecule has 1 aliphatic carbocycles. The van der Waals surface area contributed by atoms with E-state index in [-0.39, 0.29) is 0 Å². The van der Waals surface area contributed by atoms with Gasteiger partial charge in [0.25, 0.3) is 0 Å². The molecule has 1 rings (SSSR count). The van der Waals surface area contributed by atoms with Crippen molar-refractivity contribution in [1.29, 1.82) is 0 Å². The molecule has 0 aromatic rings. The van der Waals surface area contributed by atoms with Gasteiger partial charge < -0.3 is 10.6 Å². The third kappa shape index (κ3) is 2.96. The summed E-state index contributed by atoms with van der Waals surface area (Å²) >= 11 is 0. The molecule has 0 saturated heterocycles. The Kier molecular flexibility index (Phi) is 4.39. The normalized spacial score (nSPS) is 26.8. The maximum absolute atomic E-state index is 5.55. The highest BCUT2D eigenvalue weighted by Gasteiger charge is 2.34. The van der Waals surface area contributed by atoms with E-state index in [0.717, 1.165) is 25.6 Å². The number of nitrogens with zero attached hydrogens (tertiary/aromatic N) is 1. The molecule has 14 heavy (non-hydrogen) atoms. The molecule has 1 atom stereocenters. The van der Waals surface area contributed by atoms with Gasteiger partial charge in [-0.15, -0.1) is 0 Å². The van der Waals surface area contributed by atoms with E-state index >= 15 is 0 Å². The number of hydrogen-bond donors (Lipinski definition) is 1. The van der Waals surface area contributed by atoms with Crippen molar-refractivity contribution in [1.82, 2.24) is 4.90 Å². The average molecular weight is 198 g/mol. The van der Waals surface area contributed by atoms with E-state index in [0.29, 0.717) is 5.41 Å². The molecule has 0 amide bonds. The highest BCUT2D eigenvalue weighted by atomic mass is 15.1. The fourth-order valence-electron chi connectivity index (χ4n) is 2.79. The van der Waals surface area contributed by atoms with E-state index in [2.05, 4.69) is 25.8 Å². The van der Waals surface area contributed by atoms with Crippen molar-refractivity contribution in [3.63, 3.8) is 0 Å². The molecule has 0 aliphatic heterocycles. The molecule has 1 saturated carbocycles. The van der Waals surface area contributed by atoms with Gasteiger partial charge in [0.2, 0.25) is 0 Å². The van der Waals surface area contributed by atoms with Crippen molar-refractivity contribution in [3.8, 4) is 0 Å². The molecule has 0 aromatic heterocycles. The predicted molar refractivity (Wildman–Crippen MR) is 62.3 cm³/mol. The minimum absolute atomic E-state index is 0.502. The Labute approximate surface area is 88.8 Å². The van der Waals surface area contributed by atoms with Crippen LogP contribution in [0.4, 0.5) is 0 Å². The Hall–Kier alpha value is -0.0800. The van der Waals surface area contributed by atoms with Crippen LogP contribution in [-0.2, 0) is 0 Å². The van der Waals surface area contributed by atoms with Crippen molar-refractivity contribution >= 4 is 0 Å². The Bertz CT molecular complexity index is 166. The minimum atomic E-state index is 0.502. The Morgan fingerprint density at radius 1 is 1.36 bits per heavy atom. The molecule has 1 aliphatic rings. The molecule has 0 radical (unpaired) electrons. The van der Waals surface area contributed by atoms with E-state index in [1.807, 2.05) is 0 Å². The van der Waals surface area contributed by atoms with Gasteiger partial charge in [0, 0.05) is 6.04 Å². The molecule has 0 aromatic carbocycles. The monoisotopic (exact) mass is 198 g/mol. The van der Waals surface area contributed by atoms with Crippen molar-refractivity contribution in [2.24, 2.45) is 11.1 Å². The van der Waals surface area contributed by atoms with Gasteiger partial charge in [0.15, 0.2) is 0 Å². The second-order valence-corrected chi connectivity index (χ2v) is 5.37. The summed E-state index contributed by atoms with van der Waals surface area (Å²) in [5.41, 5.74) is 6.05. The standard InChI is InChI=1S/C12H26N2/c1-12(2)8-5-4-7-11(12)14(3)10-6-9-13/h11H,4-10,13H2,1-3H3. The van der Waals surface area contributed by atoms with E-state index in [9.17, 15) is 0 Å². The molecule has 0 heterocycles. The summed E-state index contributed by atoms with van der Waals surface area (Å²) in [6, 6.07) is 0.766. The van der Waals surface area contributed by atoms with Crippen LogP contribution in [0.15, 0.2) is 0 Å². The van der Waals surface area contributed by atoms with Gasteiger partial charge in [0.05, 0.1) is 0 Å². The van der Waals surface area contributed by atoms with Crippen LogP contribution in [0.3, 0.4) is 0 Å². The number of nitrogens with two attached hydrogens (primary N) is 1. The first-order valence-corrected chi connectivity index (χ1v) is 5.98. The topological polar surface area (TPSA) is 29.3 Å². The van der Waals surface area contributed by atoms with E-state index in [1.54, 1.807) is 0 Å². The highest BCUT2D eigenvalue weighted by Crippen LogP contribution is 2.38. The first kappa shape index (κ1) is 12.0. The van der Waals surface area contributed by atoms with Crippen LogP contribution in [0.1, 0.15) is 46.0 Å². The van der Waals surface area contributed by atoms with Gasteiger partial charge in [-0.3, -0.25) is 0 Å². The SMILES string of the molecule is CN(CCCN)C1CCCCC1(C)C.